The van der Waals surface area contributed by atoms with Gasteiger partial charge >= 0.3 is 0 Å². The van der Waals surface area contributed by atoms with Crippen molar-refractivity contribution in [3.63, 3.8) is 0 Å². The number of amides is 1. The average Bonchev–Trinajstić information content (AvgIpc) is 2.87. The zero-order valence-electron chi connectivity index (χ0n) is 21.6. The predicted octanol–water partition coefficient (Wildman–Crippen LogP) is 5.65. The summed E-state index contributed by atoms with van der Waals surface area (Å²) in [7, 11) is 1.63. The molecule has 6 rings (SSSR count). The quantitative estimate of drug-likeness (QED) is 0.386. The largest absolute Gasteiger partial charge is 0.467 e. The van der Waals surface area contributed by atoms with Crippen LogP contribution in [0.1, 0.15) is 79.4 Å². The number of ether oxygens (including phenoxy) is 3. The molecule has 2 aromatic carbocycles. The number of methoxy groups -OCH3 is 1. The summed E-state index contributed by atoms with van der Waals surface area (Å²) in [6, 6.07) is 13.8. The van der Waals surface area contributed by atoms with Gasteiger partial charge in [-0.25, -0.2) is 0 Å². The van der Waals surface area contributed by atoms with E-state index in [0.29, 0.717) is 12.1 Å². The first-order valence-electron chi connectivity index (χ1n) is 13.3. The van der Waals surface area contributed by atoms with Gasteiger partial charge in [-0.05, 0) is 118 Å². The van der Waals surface area contributed by atoms with E-state index >= 15 is 0 Å². The van der Waals surface area contributed by atoms with E-state index in [2.05, 4.69) is 29.3 Å². The Bertz CT molecular complexity index is 1110. The minimum Gasteiger partial charge on any atom is -0.467 e. The summed E-state index contributed by atoms with van der Waals surface area (Å²) in [5.41, 5.74) is 4.02. The first-order chi connectivity index (χ1) is 17.5. The molecule has 36 heavy (non-hydrogen) atoms. The fourth-order valence-electron chi connectivity index (χ4n) is 6.96. The van der Waals surface area contributed by atoms with Crippen LogP contribution in [-0.4, -0.2) is 32.6 Å². The van der Waals surface area contributed by atoms with Crippen LogP contribution in [0.15, 0.2) is 42.5 Å². The van der Waals surface area contributed by atoms with Crippen molar-refractivity contribution in [3.05, 3.63) is 64.7 Å². The van der Waals surface area contributed by atoms with Crippen molar-refractivity contribution in [3.8, 4) is 17.6 Å². The van der Waals surface area contributed by atoms with Crippen LogP contribution in [0.5, 0.6) is 5.75 Å². The van der Waals surface area contributed by atoms with Gasteiger partial charge in [-0.15, -0.1) is 0 Å². The first kappa shape index (κ1) is 24.9. The lowest BCUT2D eigenvalue weighted by atomic mass is 9.48. The normalized spacial score (nSPS) is 26.7. The molecule has 1 N–H and O–H groups in total. The Labute approximate surface area is 214 Å². The lowest BCUT2D eigenvalue weighted by molar-refractivity contribution is -0.150. The van der Waals surface area contributed by atoms with Crippen LogP contribution in [0.3, 0.4) is 0 Å². The van der Waals surface area contributed by atoms with Crippen LogP contribution >= 0.6 is 0 Å². The van der Waals surface area contributed by atoms with Crippen LogP contribution in [0.2, 0.25) is 0 Å². The zero-order valence-corrected chi connectivity index (χ0v) is 21.6. The lowest BCUT2D eigenvalue weighted by Crippen LogP contribution is -2.48. The SMILES string of the molecule is CCNC(=O)c1ccc(C#Cc2ccc(OCOC(C)OC)c(C34CC5CC(CC(C5)C3)C4)c2)cc1. The van der Waals surface area contributed by atoms with Crippen LogP contribution < -0.4 is 10.1 Å². The molecule has 4 saturated carbocycles. The molecule has 0 aromatic heterocycles. The molecule has 0 heterocycles. The van der Waals surface area contributed by atoms with Crippen LogP contribution in [-0.2, 0) is 14.9 Å². The molecule has 2 aromatic rings. The van der Waals surface area contributed by atoms with Gasteiger partial charge in [0.25, 0.3) is 5.91 Å². The number of rotatable bonds is 8. The Morgan fingerprint density at radius 3 is 2.22 bits per heavy atom. The third kappa shape index (κ3) is 5.31. The van der Waals surface area contributed by atoms with Gasteiger partial charge in [0.15, 0.2) is 13.1 Å². The van der Waals surface area contributed by atoms with E-state index < -0.39 is 0 Å². The highest BCUT2D eigenvalue weighted by Gasteiger charge is 2.52. The van der Waals surface area contributed by atoms with E-state index in [-0.39, 0.29) is 24.4 Å². The molecule has 1 atom stereocenters. The molecule has 4 bridgehead atoms. The van der Waals surface area contributed by atoms with Crippen molar-refractivity contribution >= 4 is 5.91 Å². The van der Waals surface area contributed by atoms with E-state index in [1.54, 1.807) is 7.11 Å². The highest BCUT2D eigenvalue weighted by Crippen LogP contribution is 2.61. The molecule has 5 heteroatoms. The fraction of sp³-hybridized carbons (Fsp3) is 0.516. The van der Waals surface area contributed by atoms with Crippen molar-refractivity contribution in [2.75, 3.05) is 20.4 Å². The summed E-state index contributed by atoms with van der Waals surface area (Å²) in [6.45, 7) is 4.56. The average molecular weight is 488 g/mol. The third-order valence-corrected chi connectivity index (χ3v) is 8.27. The van der Waals surface area contributed by atoms with Crippen molar-refractivity contribution < 1.29 is 19.0 Å². The second-order valence-electron chi connectivity index (χ2n) is 10.8. The molecule has 1 unspecified atom stereocenters. The smallest absolute Gasteiger partial charge is 0.251 e. The van der Waals surface area contributed by atoms with Gasteiger partial charge in [-0.2, -0.15) is 0 Å². The van der Waals surface area contributed by atoms with E-state index in [4.69, 9.17) is 14.2 Å². The standard InChI is InChI=1S/C31H37NO4/c1-4-32-30(33)27-10-7-22(8-11-27)5-6-23-9-12-29(36-20-35-21(2)34-3)28(16-23)31-17-24-13-25(18-31)15-26(14-24)19-31/h7-12,16,21,24-26H,4,13-15,17-20H2,1-3H3,(H,32,33). The highest BCUT2D eigenvalue weighted by molar-refractivity contribution is 5.94. The molecule has 4 aliphatic carbocycles. The summed E-state index contributed by atoms with van der Waals surface area (Å²) in [6.07, 6.45) is 7.65. The Morgan fingerprint density at radius 1 is 1.00 bits per heavy atom. The van der Waals surface area contributed by atoms with Gasteiger partial charge < -0.3 is 19.5 Å². The summed E-state index contributed by atoms with van der Waals surface area (Å²) >= 11 is 0. The number of hydrogen-bond donors (Lipinski definition) is 1. The first-order valence-corrected chi connectivity index (χ1v) is 13.3. The maximum absolute atomic E-state index is 12.0. The van der Waals surface area contributed by atoms with Crippen molar-refractivity contribution in [1.82, 2.24) is 5.32 Å². The Morgan fingerprint density at radius 2 is 1.61 bits per heavy atom. The van der Waals surface area contributed by atoms with E-state index in [9.17, 15) is 4.79 Å². The Kier molecular flexibility index (Phi) is 7.37. The number of carbonyl (C=O) groups excluding carboxylic acids is 1. The monoisotopic (exact) mass is 487 g/mol. The molecular weight excluding hydrogens is 450 g/mol. The second kappa shape index (κ2) is 10.7. The van der Waals surface area contributed by atoms with Gasteiger partial charge in [0.05, 0.1) is 0 Å². The summed E-state index contributed by atoms with van der Waals surface area (Å²) in [4.78, 5) is 12.0. The minimum atomic E-state index is -0.308. The van der Waals surface area contributed by atoms with E-state index in [1.165, 1.54) is 44.1 Å². The molecule has 4 fully saturated rings. The second-order valence-corrected chi connectivity index (χ2v) is 10.8. The molecule has 0 radical (unpaired) electrons. The van der Waals surface area contributed by atoms with E-state index in [1.807, 2.05) is 44.2 Å². The molecule has 0 aliphatic heterocycles. The van der Waals surface area contributed by atoms with Gasteiger partial charge in [-0.3, -0.25) is 4.79 Å². The maximum Gasteiger partial charge on any atom is 0.251 e. The summed E-state index contributed by atoms with van der Waals surface area (Å²) < 4.78 is 17.0. The predicted molar refractivity (Wildman–Crippen MR) is 140 cm³/mol. The topological polar surface area (TPSA) is 56.8 Å². The molecule has 0 saturated heterocycles. The molecule has 5 nitrogen and oxygen atoms in total. The van der Waals surface area contributed by atoms with Crippen molar-refractivity contribution in [2.45, 2.75) is 64.1 Å². The third-order valence-electron chi connectivity index (χ3n) is 8.27. The summed E-state index contributed by atoms with van der Waals surface area (Å²) in [5.74, 6) is 10.0. The van der Waals surface area contributed by atoms with Gasteiger partial charge in [0.1, 0.15) is 5.75 Å². The van der Waals surface area contributed by atoms with Crippen LogP contribution in [0.4, 0.5) is 0 Å². The lowest BCUT2D eigenvalue weighted by Gasteiger charge is -2.57. The van der Waals surface area contributed by atoms with Crippen LogP contribution in [0, 0.1) is 29.6 Å². The Balaban J connectivity index is 1.41. The van der Waals surface area contributed by atoms with Crippen molar-refractivity contribution in [2.24, 2.45) is 17.8 Å². The molecule has 4 aliphatic rings. The highest BCUT2D eigenvalue weighted by atomic mass is 16.7. The number of carbonyl (C=O) groups is 1. The van der Waals surface area contributed by atoms with E-state index in [0.717, 1.165) is 34.6 Å². The molecule has 190 valence electrons. The zero-order chi connectivity index (χ0) is 25.1. The van der Waals surface area contributed by atoms with Gasteiger partial charge in [0.2, 0.25) is 0 Å². The van der Waals surface area contributed by atoms with Gasteiger partial charge in [0, 0.05) is 35.9 Å². The minimum absolute atomic E-state index is 0.0586. The van der Waals surface area contributed by atoms with Gasteiger partial charge in [-0.1, -0.05) is 11.8 Å². The number of benzene rings is 2. The maximum atomic E-state index is 12.0. The Hall–Kier alpha value is -2.81. The number of nitrogens with one attached hydrogen (secondary N) is 1. The van der Waals surface area contributed by atoms with Crippen molar-refractivity contribution in [1.29, 1.82) is 0 Å². The summed E-state index contributed by atoms with van der Waals surface area (Å²) in [5, 5.41) is 2.83. The number of hydrogen-bond acceptors (Lipinski definition) is 4. The molecular formula is C31H37NO4. The fourth-order valence-corrected chi connectivity index (χ4v) is 6.96. The van der Waals surface area contributed by atoms with Crippen LogP contribution in [0.25, 0.3) is 0 Å². The molecule has 1 amide bonds. The molecule has 0 spiro atoms.